The number of halogens is 2. The predicted molar refractivity (Wildman–Crippen MR) is 94.9 cm³/mol. The first-order valence-corrected chi connectivity index (χ1v) is 9.02. The SMILES string of the molecule is COC(=O)CCC1(C)C(Cc2c(OC)c(C)c3c(c2OC)C(=O)OC3)C1(F)F. The maximum absolute atomic E-state index is 14.7. The Balaban J connectivity index is 1.99. The minimum Gasteiger partial charge on any atom is -0.496 e. The van der Waals surface area contributed by atoms with Gasteiger partial charge in [0.1, 0.15) is 23.7 Å². The molecule has 0 radical (unpaired) electrons. The number of ether oxygens (including phenoxy) is 4. The molecular formula is C20H24F2O6. The van der Waals surface area contributed by atoms with Crippen LogP contribution in [0, 0.1) is 18.3 Å². The van der Waals surface area contributed by atoms with Gasteiger partial charge in [-0.3, -0.25) is 4.79 Å². The van der Waals surface area contributed by atoms with Crippen LogP contribution in [-0.2, 0) is 27.3 Å². The van der Waals surface area contributed by atoms with Crippen molar-refractivity contribution in [3.63, 3.8) is 0 Å². The maximum atomic E-state index is 14.7. The first kappa shape index (κ1) is 20.4. The Bertz CT molecular complexity index is 835. The molecule has 6 nitrogen and oxygen atoms in total. The number of carbonyl (C=O) groups excluding carboxylic acids is 2. The van der Waals surface area contributed by atoms with E-state index in [9.17, 15) is 18.4 Å². The third-order valence-corrected chi connectivity index (χ3v) is 6.20. The lowest BCUT2D eigenvalue weighted by Crippen LogP contribution is -2.11. The number of fused-ring (bicyclic) bond motifs is 1. The van der Waals surface area contributed by atoms with Crippen molar-refractivity contribution in [2.75, 3.05) is 21.3 Å². The molecule has 0 spiro atoms. The van der Waals surface area contributed by atoms with E-state index in [1.807, 2.05) is 0 Å². The lowest BCUT2D eigenvalue weighted by Gasteiger charge is -2.19. The normalized spacial score (nSPS) is 24.4. The van der Waals surface area contributed by atoms with Crippen molar-refractivity contribution < 1.29 is 37.3 Å². The number of carbonyl (C=O) groups is 2. The molecule has 0 amide bonds. The number of benzene rings is 1. The first-order chi connectivity index (χ1) is 13.1. The van der Waals surface area contributed by atoms with Crippen LogP contribution in [0.3, 0.4) is 0 Å². The van der Waals surface area contributed by atoms with Gasteiger partial charge in [-0.15, -0.1) is 0 Å². The molecule has 1 aliphatic heterocycles. The molecule has 1 aliphatic carbocycles. The molecule has 1 aromatic carbocycles. The van der Waals surface area contributed by atoms with Crippen molar-refractivity contribution in [2.45, 2.75) is 45.6 Å². The molecule has 154 valence electrons. The topological polar surface area (TPSA) is 71.1 Å². The lowest BCUT2D eigenvalue weighted by atomic mass is 9.91. The van der Waals surface area contributed by atoms with Gasteiger partial charge >= 0.3 is 11.9 Å². The van der Waals surface area contributed by atoms with Crippen LogP contribution in [0.2, 0.25) is 0 Å². The maximum Gasteiger partial charge on any atom is 0.342 e. The number of hydrogen-bond acceptors (Lipinski definition) is 6. The van der Waals surface area contributed by atoms with Crippen molar-refractivity contribution >= 4 is 11.9 Å². The van der Waals surface area contributed by atoms with Crippen molar-refractivity contribution in [3.8, 4) is 11.5 Å². The summed E-state index contributed by atoms with van der Waals surface area (Å²) in [6.45, 7) is 3.33. The summed E-state index contributed by atoms with van der Waals surface area (Å²) in [7, 11) is 4.08. The van der Waals surface area contributed by atoms with E-state index in [0.29, 0.717) is 22.4 Å². The summed E-state index contributed by atoms with van der Waals surface area (Å²) < 4.78 is 50.0. The second kappa shape index (κ2) is 6.90. The zero-order valence-corrected chi connectivity index (χ0v) is 16.6. The summed E-state index contributed by atoms with van der Waals surface area (Å²) >= 11 is 0. The van der Waals surface area contributed by atoms with Crippen molar-refractivity contribution in [1.82, 2.24) is 0 Å². The highest BCUT2D eigenvalue weighted by Crippen LogP contribution is 2.69. The third-order valence-electron chi connectivity index (χ3n) is 6.20. The summed E-state index contributed by atoms with van der Waals surface area (Å²) in [5.41, 5.74) is 0.686. The predicted octanol–water partition coefficient (Wildman–Crippen LogP) is 3.45. The minimum atomic E-state index is -2.95. The van der Waals surface area contributed by atoms with Crippen LogP contribution in [0.25, 0.3) is 0 Å². The van der Waals surface area contributed by atoms with Crippen LogP contribution in [0.4, 0.5) is 8.78 Å². The minimum absolute atomic E-state index is 0.00787. The largest absolute Gasteiger partial charge is 0.496 e. The molecule has 0 aromatic heterocycles. The first-order valence-electron chi connectivity index (χ1n) is 9.02. The highest BCUT2D eigenvalue weighted by Gasteiger charge is 2.76. The van der Waals surface area contributed by atoms with Gasteiger partial charge in [-0.2, -0.15) is 0 Å². The monoisotopic (exact) mass is 398 g/mol. The number of methoxy groups -OCH3 is 3. The summed E-state index contributed by atoms with van der Waals surface area (Å²) in [6, 6.07) is 0. The second-order valence-electron chi connectivity index (χ2n) is 7.47. The van der Waals surface area contributed by atoms with E-state index in [4.69, 9.17) is 14.2 Å². The molecule has 0 saturated heterocycles. The Morgan fingerprint density at radius 3 is 2.43 bits per heavy atom. The zero-order chi connectivity index (χ0) is 20.9. The van der Waals surface area contributed by atoms with E-state index in [0.717, 1.165) is 0 Å². The average molecular weight is 398 g/mol. The van der Waals surface area contributed by atoms with Crippen LogP contribution < -0.4 is 9.47 Å². The van der Waals surface area contributed by atoms with Gasteiger partial charge < -0.3 is 18.9 Å². The van der Waals surface area contributed by atoms with E-state index in [2.05, 4.69) is 4.74 Å². The van der Waals surface area contributed by atoms with Gasteiger partial charge in [0.25, 0.3) is 5.92 Å². The quantitative estimate of drug-likeness (QED) is 0.655. The fourth-order valence-corrected chi connectivity index (χ4v) is 4.27. The highest BCUT2D eigenvalue weighted by atomic mass is 19.3. The molecule has 0 bridgehead atoms. The van der Waals surface area contributed by atoms with Crippen molar-refractivity contribution in [1.29, 1.82) is 0 Å². The van der Waals surface area contributed by atoms with Gasteiger partial charge in [0, 0.05) is 28.9 Å². The zero-order valence-electron chi connectivity index (χ0n) is 16.6. The standard InChI is InChI=1S/C20H24F2O6/c1-10-12-9-28-18(24)15(12)17(27-5)11(16(10)26-4)8-13-19(2,20(13,21)22)7-6-14(23)25-3/h13H,6-9H2,1-5H3. The average Bonchev–Trinajstić information content (AvgIpc) is 2.93. The number of cyclic esters (lactones) is 1. The smallest absolute Gasteiger partial charge is 0.342 e. The van der Waals surface area contributed by atoms with E-state index in [1.165, 1.54) is 28.3 Å². The van der Waals surface area contributed by atoms with Crippen LogP contribution in [0.1, 0.15) is 46.8 Å². The van der Waals surface area contributed by atoms with Gasteiger partial charge in [0.2, 0.25) is 0 Å². The Hall–Kier alpha value is -2.38. The lowest BCUT2D eigenvalue weighted by molar-refractivity contribution is -0.141. The second-order valence-corrected chi connectivity index (χ2v) is 7.47. The van der Waals surface area contributed by atoms with Gasteiger partial charge in [-0.25, -0.2) is 13.6 Å². The molecule has 1 heterocycles. The molecule has 1 fully saturated rings. The number of alkyl halides is 2. The van der Waals surface area contributed by atoms with Crippen molar-refractivity contribution in [3.05, 3.63) is 22.3 Å². The van der Waals surface area contributed by atoms with Crippen LogP contribution in [-0.4, -0.2) is 39.2 Å². The van der Waals surface area contributed by atoms with Crippen molar-refractivity contribution in [2.24, 2.45) is 11.3 Å². The number of hydrogen-bond donors (Lipinski definition) is 0. The third kappa shape index (κ3) is 2.81. The molecule has 8 heteroatoms. The Kier molecular flexibility index (Phi) is 5.02. The highest BCUT2D eigenvalue weighted by molar-refractivity contribution is 5.98. The van der Waals surface area contributed by atoms with Gasteiger partial charge in [0.15, 0.2) is 0 Å². The van der Waals surface area contributed by atoms with Crippen LogP contribution >= 0.6 is 0 Å². The molecule has 2 unspecified atom stereocenters. The summed E-state index contributed by atoms with van der Waals surface area (Å²) in [5, 5.41) is 0. The van der Waals surface area contributed by atoms with E-state index >= 15 is 0 Å². The molecule has 28 heavy (non-hydrogen) atoms. The fraction of sp³-hybridized carbons (Fsp3) is 0.600. The molecule has 0 N–H and O–H groups in total. The fourth-order valence-electron chi connectivity index (χ4n) is 4.27. The molecule has 2 atom stereocenters. The van der Waals surface area contributed by atoms with Crippen LogP contribution in [0.15, 0.2) is 0 Å². The van der Waals surface area contributed by atoms with Gasteiger partial charge in [0.05, 0.1) is 21.3 Å². The molecule has 3 rings (SSSR count). The molecule has 2 aliphatic rings. The van der Waals surface area contributed by atoms with Crippen LogP contribution in [0.5, 0.6) is 11.5 Å². The summed E-state index contributed by atoms with van der Waals surface area (Å²) in [4.78, 5) is 23.6. The summed E-state index contributed by atoms with van der Waals surface area (Å²) in [5.74, 6) is -4.37. The number of rotatable bonds is 7. The Morgan fingerprint density at radius 1 is 1.21 bits per heavy atom. The van der Waals surface area contributed by atoms with E-state index in [1.54, 1.807) is 6.92 Å². The molecular weight excluding hydrogens is 374 g/mol. The molecule has 1 saturated carbocycles. The molecule has 1 aromatic rings. The van der Waals surface area contributed by atoms with Gasteiger partial charge in [-0.05, 0) is 25.3 Å². The Labute approximate surface area is 162 Å². The van der Waals surface area contributed by atoms with E-state index in [-0.39, 0.29) is 37.2 Å². The summed E-state index contributed by atoms with van der Waals surface area (Å²) in [6.07, 6.45) is -0.116. The van der Waals surface area contributed by atoms with Gasteiger partial charge in [-0.1, -0.05) is 6.92 Å². The van der Waals surface area contributed by atoms with E-state index < -0.39 is 29.2 Å². The Morgan fingerprint density at radius 2 is 1.86 bits per heavy atom. The number of esters is 2.